The van der Waals surface area contributed by atoms with Crippen LogP contribution < -0.4 is 17.2 Å². The number of hydrogen-bond acceptors (Lipinski definition) is 5. The van der Waals surface area contributed by atoms with E-state index in [9.17, 15) is 4.79 Å². The average Bonchev–Trinajstić information content (AvgIpc) is 3.06. The SMILES string of the molecule is C#C/C(C)=C\N.C/C=C\c1cc(CCCC(=O)/C(C)=C(\C)CN)ccc1CC.CC.CCc1ccc(CC(C)S)cc1.CN. The fraction of sp³-hybridized carbons (Fsp3) is 0.462. The summed E-state index contributed by atoms with van der Waals surface area (Å²) in [5, 5.41) is 0.456. The van der Waals surface area contributed by atoms with Gasteiger partial charge in [-0.2, -0.15) is 12.6 Å². The third kappa shape index (κ3) is 21.6. The van der Waals surface area contributed by atoms with Crippen LogP contribution in [0.1, 0.15) is 103 Å². The van der Waals surface area contributed by atoms with Crippen LogP contribution in [-0.2, 0) is 30.5 Å². The van der Waals surface area contributed by atoms with Crippen molar-refractivity contribution in [3.8, 4) is 12.3 Å². The Morgan fingerprint density at radius 1 is 0.977 bits per heavy atom. The molecule has 0 aliphatic rings. The van der Waals surface area contributed by atoms with E-state index in [-0.39, 0.29) is 5.78 Å². The van der Waals surface area contributed by atoms with Crippen LogP contribution in [0.25, 0.3) is 6.08 Å². The van der Waals surface area contributed by atoms with Crippen molar-refractivity contribution < 1.29 is 4.79 Å². The molecule has 6 N–H and O–H groups in total. The second-order valence-corrected chi connectivity index (χ2v) is 10.9. The molecule has 2 rings (SSSR count). The highest BCUT2D eigenvalue weighted by Gasteiger charge is 2.08. The zero-order valence-electron chi connectivity index (χ0n) is 29.5. The molecule has 1 unspecified atom stereocenters. The number of carbonyl (C=O) groups excluding carboxylic acids is 1. The van der Waals surface area contributed by atoms with Gasteiger partial charge in [0.2, 0.25) is 0 Å². The van der Waals surface area contributed by atoms with Crippen molar-refractivity contribution in [3.63, 3.8) is 0 Å². The smallest absolute Gasteiger partial charge is 0.158 e. The van der Waals surface area contributed by atoms with E-state index in [0.717, 1.165) is 48.8 Å². The average molecular weight is 622 g/mol. The summed E-state index contributed by atoms with van der Waals surface area (Å²) >= 11 is 4.36. The van der Waals surface area contributed by atoms with Gasteiger partial charge in [-0.3, -0.25) is 4.79 Å². The summed E-state index contributed by atoms with van der Waals surface area (Å²) in [6.45, 7) is 18.6. The van der Waals surface area contributed by atoms with Gasteiger partial charge in [0.25, 0.3) is 0 Å². The predicted molar refractivity (Wildman–Crippen MR) is 202 cm³/mol. The summed E-state index contributed by atoms with van der Waals surface area (Å²) in [5.74, 6) is 2.57. The standard InChI is InChI=1S/C20H29NO.C11H16S.C5H7N.C2H6.CH5N/c1-5-8-19-13-17(11-12-18(19)6-2)9-7-10-20(22)16(4)15(3)14-21;1-3-10-4-6-11(7-5-10)8-9(2)12;1-3-5(2)4-6;2*1-2/h5,8,11-13H,6-7,9-10,14,21H2,1-4H3;4-7,9,12H,3,8H2,1-2H3;1,4H,6H2,2H3;1-2H3;2H2,1H3/b8-5-,16-15+;;5-4-;;. The first kappa shape index (κ1) is 45.4. The Bertz CT molecular complexity index is 1150. The number of benzene rings is 2. The third-order valence-electron chi connectivity index (χ3n) is 6.61. The predicted octanol–water partition coefficient (Wildman–Crippen LogP) is 8.66. The number of ketones is 1. The highest BCUT2D eigenvalue weighted by molar-refractivity contribution is 7.80. The Labute approximate surface area is 277 Å². The number of rotatable bonds is 11. The Balaban J connectivity index is -0.000000637. The molecule has 1 atom stereocenters. The molecule has 5 heteroatoms. The van der Waals surface area contributed by atoms with Crippen LogP contribution in [0.4, 0.5) is 0 Å². The summed E-state index contributed by atoms with van der Waals surface area (Å²) < 4.78 is 0. The first-order valence-electron chi connectivity index (χ1n) is 15.9. The summed E-state index contributed by atoms with van der Waals surface area (Å²) in [6.07, 6.45) is 16.2. The molecule has 44 heavy (non-hydrogen) atoms. The maximum absolute atomic E-state index is 12.1. The molecule has 2 aromatic carbocycles. The number of nitrogens with two attached hydrogens (primary N) is 3. The van der Waals surface area contributed by atoms with Crippen molar-refractivity contribution >= 4 is 24.5 Å². The van der Waals surface area contributed by atoms with Gasteiger partial charge in [0.15, 0.2) is 5.78 Å². The monoisotopic (exact) mass is 621 g/mol. The van der Waals surface area contributed by atoms with Crippen LogP contribution >= 0.6 is 12.6 Å². The zero-order valence-corrected chi connectivity index (χ0v) is 30.4. The van der Waals surface area contributed by atoms with Gasteiger partial charge in [0.1, 0.15) is 0 Å². The lowest BCUT2D eigenvalue weighted by atomic mass is 9.97. The van der Waals surface area contributed by atoms with Crippen molar-refractivity contribution in [2.45, 2.75) is 106 Å². The summed E-state index contributed by atoms with van der Waals surface area (Å²) in [5.41, 5.74) is 24.4. The maximum atomic E-state index is 12.1. The number of thiol groups is 1. The van der Waals surface area contributed by atoms with E-state index >= 15 is 0 Å². The van der Waals surface area contributed by atoms with E-state index < -0.39 is 0 Å². The molecule has 0 radical (unpaired) electrons. The Morgan fingerprint density at radius 3 is 1.93 bits per heavy atom. The Hall–Kier alpha value is -3.04. The van der Waals surface area contributed by atoms with E-state index in [1.54, 1.807) is 6.92 Å². The van der Waals surface area contributed by atoms with E-state index in [2.05, 4.69) is 99.7 Å². The summed E-state index contributed by atoms with van der Waals surface area (Å²) in [7, 11) is 1.50. The molecule has 0 fully saturated rings. The fourth-order valence-corrected chi connectivity index (χ4v) is 4.00. The lowest BCUT2D eigenvalue weighted by Gasteiger charge is -2.08. The van der Waals surface area contributed by atoms with E-state index in [1.165, 1.54) is 41.1 Å². The van der Waals surface area contributed by atoms with Gasteiger partial charge in [-0.05, 0) is 100 Å². The number of terminal acetylenes is 1. The second kappa shape index (κ2) is 30.0. The second-order valence-electron chi connectivity index (χ2n) is 9.99. The van der Waals surface area contributed by atoms with E-state index in [0.29, 0.717) is 18.2 Å². The Morgan fingerprint density at radius 2 is 1.52 bits per heavy atom. The van der Waals surface area contributed by atoms with Crippen molar-refractivity contribution in [3.05, 3.63) is 99.3 Å². The van der Waals surface area contributed by atoms with Gasteiger partial charge >= 0.3 is 0 Å². The molecule has 0 aromatic heterocycles. The van der Waals surface area contributed by atoms with Gasteiger partial charge in [-0.1, -0.05) is 101 Å². The third-order valence-corrected chi connectivity index (χ3v) is 6.79. The minimum absolute atomic E-state index is 0.224. The van der Waals surface area contributed by atoms with Gasteiger partial charge in [0.05, 0.1) is 0 Å². The largest absolute Gasteiger partial charge is 0.404 e. The molecule has 0 spiro atoms. The first-order valence-corrected chi connectivity index (χ1v) is 16.4. The molecule has 0 saturated heterocycles. The lowest BCUT2D eigenvalue weighted by molar-refractivity contribution is -0.115. The van der Waals surface area contributed by atoms with Gasteiger partial charge in [0, 0.05) is 30.0 Å². The van der Waals surface area contributed by atoms with Gasteiger partial charge in [-0.15, -0.1) is 6.42 Å². The van der Waals surface area contributed by atoms with Crippen LogP contribution in [0.5, 0.6) is 0 Å². The van der Waals surface area contributed by atoms with Gasteiger partial charge < -0.3 is 17.2 Å². The summed E-state index contributed by atoms with van der Waals surface area (Å²) in [6, 6.07) is 15.4. The fourth-order valence-electron chi connectivity index (χ4n) is 3.79. The highest BCUT2D eigenvalue weighted by Crippen LogP contribution is 2.17. The number of Topliss-reactive ketones (excluding diaryl/α,β-unsaturated/α-hetero) is 1. The van der Waals surface area contributed by atoms with Crippen LogP contribution in [0.15, 0.2) is 71.5 Å². The van der Waals surface area contributed by atoms with Crippen molar-refractivity contribution in [2.24, 2.45) is 17.2 Å². The Kier molecular flexibility index (Phi) is 31.0. The van der Waals surface area contributed by atoms with Crippen molar-refractivity contribution in [2.75, 3.05) is 13.6 Å². The molecule has 0 bridgehead atoms. The maximum Gasteiger partial charge on any atom is 0.158 e. The molecule has 0 saturated carbocycles. The zero-order chi connectivity index (χ0) is 34.5. The van der Waals surface area contributed by atoms with Crippen LogP contribution in [0.2, 0.25) is 0 Å². The van der Waals surface area contributed by atoms with E-state index in [4.69, 9.17) is 17.9 Å². The van der Waals surface area contributed by atoms with Crippen molar-refractivity contribution in [1.82, 2.24) is 0 Å². The minimum atomic E-state index is 0.224. The number of allylic oxidation sites excluding steroid dienone is 3. The quantitative estimate of drug-likeness (QED) is 0.115. The molecular formula is C39H63N3OS. The van der Waals surface area contributed by atoms with Crippen LogP contribution in [-0.4, -0.2) is 24.6 Å². The first-order chi connectivity index (χ1) is 21.1. The molecule has 2 aromatic rings. The van der Waals surface area contributed by atoms with Crippen LogP contribution in [0, 0.1) is 12.3 Å². The molecule has 0 aliphatic carbocycles. The molecule has 246 valence electrons. The number of carbonyl (C=O) groups is 1. The topological polar surface area (TPSA) is 95.1 Å². The molecule has 4 nitrogen and oxygen atoms in total. The molecule has 0 amide bonds. The van der Waals surface area contributed by atoms with Gasteiger partial charge in [-0.25, -0.2) is 0 Å². The van der Waals surface area contributed by atoms with Crippen molar-refractivity contribution in [1.29, 1.82) is 0 Å². The highest BCUT2D eigenvalue weighted by atomic mass is 32.1. The summed E-state index contributed by atoms with van der Waals surface area (Å²) in [4.78, 5) is 12.1. The van der Waals surface area contributed by atoms with Crippen LogP contribution in [0.3, 0.4) is 0 Å². The molecule has 0 aliphatic heterocycles. The molecule has 0 heterocycles. The number of aryl methyl sites for hydroxylation is 3. The lowest BCUT2D eigenvalue weighted by Crippen LogP contribution is -2.08. The minimum Gasteiger partial charge on any atom is -0.404 e. The molecular weight excluding hydrogens is 559 g/mol. The number of hydrogen-bond donors (Lipinski definition) is 4. The van der Waals surface area contributed by atoms with E-state index in [1.807, 2.05) is 34.6 Å². The normalized spacial score (nSPS) is 11.5.